The highest BCUT2D eigenvalue weighted by atomic mass is 35.5. The molecule has 1 saturated carbocycles. The van der Waals surface area contributed by atoms with Gasteiger partial charge >= 0.3 is 0 Å². The van der Waals surface area contributed by atoms with Gasteiger partial charge < -0.3 is 14.8 Å². The minimum absolute atomic E-state index is 0.173. The Morgan fingerprint density at radius 2 is 2.09 bits per heavy atom. The van der Waals surface area contributed by atoms with Crippen LogP contribution in [0.3, 0.4) is 0 Å². The third-order valence-corrected chi connectivity index (χ3v) is 7.55. The molecule has 2 heterocycles. The molecule has 1 aliphatic carbocycles. The minimum Gasteiger partial charge on any atom is -0.322 e. The number of nitrogens with one attached hydrogen (secondary N) is 2. The van der Waals surface area contributed by atoms with Gasteiger partial charge in [-0.25, -0.2) is 4.98 Å². The van der Waals surface area contributed by atoms with E-state index >= 15 is 0 Å². The van der Waals surface area contributed by atoms with Crippen LogP contribution >= 0.6 is 22.9 Å². The maximum absolute atomic E-state index is 13.1. The van der Waals surface area contributed by atoms with Crippen LogP contribution in [0.4, 0.5) is 11.6 Å². The Labute approximate surface area is 202 Å². The molecule has 0 spiro atoms. The molecule has 2 amide bonds. The number of hydrogen-bond acceptors (Lipinski definition) is 5. The second-order valence-electron chi connectivity index (χ2n) is 8.74. The largest absolute Gasteiger partial charge is 0.322 e. The lowest BCUT2D eigenvalue weighted by Crippen LogP contribution is -2.37. The molecule has 33 heavy (non-hydrogen) atoms. The van der Waals surface area contributed by atoms with Gasteiger partial charge in [-0.15, -0.1) is 11.3 Å². The fraction of sp³-hybridized carbons (Fsp3) is 0.375. The van der Waals surface area contributed by atoms with Crippen LogP contribution in [0.1, 0.15) is 41.9 Å². The van der Waals surface area contributed by atoms with Crippen molar-refractivity contribution in [2.24, 2.45) is 5.92 Å². The third-order valence-electron chi connectivity index (χ3n) is 6.32. The number of carbonyl (C=O) groups excluding carboxylic acids is 2. The van der Waals surface area contributed by atoms with E-state index in [1.165, 1.54) is 17.4 Å². The summed E-state index contributed by atoms with van der Waals surface area (Å²) >= 11 is 7.87. The van der Waals surface area contributed by atoms with Gasteiger partial charge in [-0.3, -0.25) is 14.9 Å². The number of amides is 2. The summed E-state index contributed by atoms with van der Waals surface area (Å²) in [5.74, 6) is 0.283. The SMILES string of the molecule is C=CC(=O)Nc1csc(C(=O)Nc2nc3cccc(Cl)c3n2[C@@H]2CCC(N(C)C)C[C@@H]2C)c1. The van der Waals surface area contributed by atoms with Gasteiger partial charge in [0.05, 0.1) is 26.6 Å². The first-order valence-corrected chi connectivity index (χ1v) is 12.2. The van der Waals surface area contributed by atoms with Gasteiger partial charge in [0.25, 0.3) is 5.91 Å². The average molecular weight is 486 g/mol. The number of halogens is 1. The molecule has 2 N–H and O–H groups in total. The summed E-state index contributed by atoms with van der Waals surface area (Å²) in [4.78, 5) is 32.1. The number of fused-ring (bicyclic) bond motifs is 1. The number of para-hydroxylation sites is 1. The molecule has 2 aromatic heterocycles. The van der Waals surface area contributed by atoms with Crippen molar-refractivity contribution in [2.45, 2.75) is 38.3 Å². The Kier molecular flexibility index (Phi) is 6.88. The summed E-state index contributed by atoms with van der Waals surface area (Å²) in [7, 11) is 4.25. The van der Waals surface area contributed by atoms with Crippen LogP contribution < -0.4 is 10.6 Å². The Bertz CT molecular complexity index is 1200. The van der Waals surface area contributed by atoms with E-state index in [1.54, 1.807) is 11.4 Å². The molecular weight excluding hydrogens is 458 g/mol. The Morgan fingerprint density at radius 1 is 1.30 bits per heavy atom. The molecule has 1 unspecified atom stereocenters. The van der Waals surface area contributed by atoms with Crippen LogP contribution in [0.2, 0.25) is 5.02 Å². The van der Waals surface area contributed by atoms with Crippen LogP contribution in [-0.4, -0.2) is 46.4 Å². The molecular formula is C24H28ClN5O2S. The molecule has 9 heteroatoms. The van der Waals surface area contributed by atoms with Crippen molar-refractivity contribution in [3.8, 4) is 0 Å². The van der Waals surface area contributed by atoms with Crippen molar-refractivity contribution in [1.82, 2.24) is 14.5 Å². The topological polar surface area (TPSA) is 79.3 Å². The molecule has 1 aromatic carbocycles. The quantitative estimate of drug-likeness (QED) is 0.457. The van der Waals surface area contributed by atoms with Crippen LogP contribution in [0.15, 0.2) is 42.3 Å². The van der Waals surface area contributed by atoms with Gasteiger partial charge in [0.1, 0.15) is 0 Å². The van der Waals surface area contributed by atoms with E-state index in [1.807, 2.05) is 18.2 Å². The second-order valence-corrected chi connectivity index (χ2v) is 10.1. The first kappa shape index (κ1) is 23.5. The van der Waals surface area contributed by atoms with Crippen molar-refractivity contribution in [3.05, 3.63) is 52.2 Å². The molecule has 4 rings (SSSR count). The number of rotatable bonds is 6. The van der Waals surface area contributed by atoms with E-state index in [-0.39, 0.29) is 17.9 Å². The Morgan fingerprint density at radius 3 is 2.79 bits per heavy atom. The summed E-state index contributed by atoms with van der Waals surface area (Å²) < 4.78 is 2.11. The molecule has 3 atom stereocenters. The Hall–Kier alpha value is -2.68. The molecule has 0 bridgehead atoms. The number of aromatic nitrogens is 2. The van der Waals surface area contributed by atoms with E-state index in [4.69, 9.17) is 16.6 Å². The van der Waals surface area contributed by atoms with Gasteiger partial charge in [0.15, 0.2) is 0 Å². The van der Waals surface area contributed by atoms with Crippen molar-refractivity contribution >= 4 is 57.4 Å². The van der Waals surface area contributed by atoms with E-state index in [0.29, 0.717) is 33.5 Å². The van der Waals surface area contributed by atoms with Crippen molar-refractivity contribution in [2.75, 3.05) is 24.7 Å². The highest BCUT2D eigenvalue weighted by Crippen LogP contribution is 2.41. The highest BCUT2D eigenvalue weighted by Gasteiger charge is 2.33. The smallest absolute Gasteiger partial charge is 0.268 e. The fourth-order valence-electron chi connectivity index (χ4n) is 4.60. The van der Waals surface area contributed by atoms with Crippen LogP contribution in [0.25, 0.3) is 11.0 Å². The maximum Gasteiger partial charge on any atom is 0.268 e. The number of nitrogens with zero attached hydrogens (tertiary/aromatic N) is 3. The molecule has 174 valence electrons. The predicted octanol–water partition coefficient (Wildman–Crippen LogP) is 5.42. The number of anilines is 2. The molecule has 0 aliphatic heterocycles. The number of benzene rings is 1. The standard InChI is InChI=1S/C24H28ClN5O2S/c1-5-21(31)26-15-12-20(33-13-15)23(32)28-24-27-18-8-6-7-17(25)22(18)30(24)19-10-9-16(29(3)4)11-14(19)2/h5-8,12-14,16,19H,1,9-11H2,2-4H3,(H,26,31)(H,27,28,32)/t14-,16?,19+/m0/s1. The molecule has 0 radical (unpaired) electrons. The van der Waals surface area contributed by atoms with Crippen LogP contribution in [0, 0.1) is 5.92 Å². The van der Waals surface area contributed by atoms with Gasteiger partial charge in [-0.2, -0.15) is 0 Å². The zero-order valence-electron chi connectivity index (χ0n) is 19.0. The van der Waals surface area contributed by atoms with E-state index in [9.17, 15) is 9.59 Å². The second kappa shape index (κ2) is 9.67. The van der Waals surface area contributed by atoms with E-state index in [2.05, 4.69) is 47.7 Å². The number of hydrogen-bond donors (Lipinski definition) is 2. The first-order chi connectivity index (χ1) is 15.8. The summed E-state index contributed by atoms with van der Waals surface area (Å²) in [6.45, 7) is 5.70. The summed E-state index contributed by atoms with van der Waals surface area (Å²) in [6.07, 6.45) is 4.29. The minimum atomic E-state index is -0.321. The van der Waals surface area contributed by atoms with Gasteiger partial charge in [-0.1, -0.05) is 31.2 Å². The zero-order valence-corrected chi connectivity index (χ0v) is 20.5. The maximum atomic E-state index is 13.1. The molecule has 7 nitrogen and oxygen atoms in total. The van der Waals surface area contributed by atoms with Gasteiger partial charge in [0, 0.05) is 17.5 Å². The third kappa shape index (κ3) is 4.83. The predicted molar refractivity (Wildman–Crippen MR) is 135 cm³/mol. The van der Waals surface area contributed by atoms with Crippen LogP contribution in [0.5, 0.6) is 0 Å². The van der Waals surface area contributed by atoms with Crippen molar-refractivity contribution in [3.63, 3.8) is 0 Å². The van der Waals surface area contributed by atoms with E-state index in [0.717, 1.165) is 30.3 Å². The summed E-state index contributed by atoms with van der Waals surface area (Å²) in [5.41, 5.74) is 2.16. The monoisotopic (exact) mass is 485 g/mol. The van der Waals surface area contributed by atoms with E-state index < -0.39 is 0 Å². The van der Waals surface area contributed by atoms with Gasteiger partial charge in [-0.05, 0) is 63.6 Å². The normalized spacial score (nSPS) is 20.7. The highest BCUT2D eigenvalue weighted by molar-refractivity contribution is 7.12. The first-order valence-electron chi connectivity index (χ1n) is 10.9. The van der Waals surface area contributed by atoms with Crippen molar-refractivity contribution < 1.29 is 9.59 Å². The van der Waals surface area contributed by atoms with Gasteiger partial charge in [0.2, 0.25) is 11.9 Å². The van der Waals surface area contributed by atoms with Crippen molar-refractivity contribution in [1.29, 1.82) is 0 Å². The summed E-state index contributed by atoms with van der Waals surface area (Å²) in [5, 5.41) is 8.01. The summed E-state index contributed by atoms with van der Waals surface area (Å²) in [6, 6.07) is 8.00. The average Bonchev–Trinajstić information content (AvgIpc) is 3.39. The molecule has 1 fully saturated rings. The molecule has 3 aromatic rings. The molecule has 0 saturated heterocycles. The lowest BCUT2D eigenvalue weighted by Gasteiger charge is -2.38. The number of carbonyl (C=O) groups is 2. The van der Waals surface area contributed by atoms with Crippen LogP contribution in [-0.2, 0) is 4.79 Å². The number of imidazole rings is 1. The molecule has 1 aliphatic rings. The lowest BCUT2D eigenvalue weighted by atomic mass is 9.82. The fourth-order valence-corrected chi connectivity index (χ4v) is 5.59. The Balaban J connectivity index is 1.66. The lowest BCUT2D eigenvalue weighted by molar-refractivity contribution is -0.111. The zero-order chi connectivity index (χ0) is 23.7. The number of thiophene rings is 1.